The quantitative estimate of drug-likeness (QED) is 0.829. The molecule has 2 N–H and O–H groups in total. The molecule has 0 aliphatic heterocycles. The van der Waals surface area contributed by atoms with Crippen molar-refractivity contribution in [3.63, 3.8) is 0 Å². The predicted octanol–water partition coefficient (Wildman–Crippen LogP) is 3.50. The molecule has 0 aliphatic carbocycles. The van der Waals surface area contributed by atoms with Gasteiger partial charge in [0.25, 0.3) is 0 Å². The van der Waals surface area contributed by atoms with Crippen LogP contribution in [-0.2, 0) is 0 Å². The van der Waals surface area contributed by atoms with E-state index in [1.54, 1.807) is 11.3 Å². The zero-order chi connectivity index (χ0) is 10.7. The van der Waals surface area contributed by atoms with Gasteiger partial charge in [-0.1, -0.05) is 19.1 Å². The lowest BCUT2D eigenvalue weighted by molar-refractivity contribution is 1.39. The van der Waals surface area contributed by atoms with Crippen LogP contribution in [0.5, 0.6) is 0 Å². The van der Waals surface area contributed by atoms with E-state index in [1.807, 2.05) is 17.1 Å². The molecule has 1 heterocycles. The van der Waals surface area contributed by atoms with Crippen LogP contribution in [0.15, 0.2) is 34.5 Å². The molecule has 0 bridgehead atoms. The van der Waals surface area contributed by atoms with E-state index in [0.29, 0.717) is 5.82 Å². The molecule has 78 valence electrons. The van der Waals surface area contributed by atoms with Gasteiger partial charge in [0.15, 0.2) is 0 Å². The predicted molar refractivity (Wildman–Crippen MR) is 68.4 cm³/mol. The van der Waals surface area contributed by atoms with Gasteiger partial charge in [0, 0.05) is 15.8 Å². The standard InChI is InChI=1S/C11H12N2S2/c1-2-14-9-5-3-8(4-6-9)11-13-10(12)7-15-11/h3-7H,2,12H2,1H3. The van der Waals surface area contributed by atoms with Crippen LogP contribution < -0.4 is 5.73 Å². The van der Waals surface area contributed by atoms with Crippen molar-refractivity contribution >= 4 is 28.9 Å². The Hall–Kier alpha value is -1.00. The molecule has 0 atom stereocenters. The average molecular weight is 236 g/mol. The third-order valence-corrected chi connectivity index (χ3v) is 3.74. The van der Waals surface area contributed by atoms with Crippen molar-refractivity contribution in [1.29, 1.82) is 0 Å². The molecule has 2 aromatic rings. The summed E-state index contributed by atoms with van der Waals surface area (Å²) >= 11 is 3.42. The van der Waals surface area contributed by atoms with Crippen molar-refractivity contribution in [1.82, 2.24) is 4.98 Å². The number of thiazole rings is 1. The van der Waals surface area contributed by atoms with Gasteiger partial charge in [-0.3, -0.25) is 0 Å². The van der Waals surface area contributed by atoms with Crippen LogP contribution in [0.1, 0.15) is 6.92 Å². The zero-order valence-corrected chi connectivity index (χ0v) is 10.1. The molecule has 0 saturated heterocycles. The molecule has 0 unspecified atom stereocenters. The first kappa shape index (κ1) is 10.5. The summed E-state index contributed by atoms with van der Waals surface area (Å²) in [5, 5.41) is 2.85. The van der Waals surface area contributed by atoms with E-state index in [4.69, 9.17) is 5.73 Å². The largest absolute Gasteiger partial charge is 0.383 e. The summed E-state index contributed by atoms with van der Waals surface area (Å²) < 4.78 is 0. The van der Waals surface area contributed by atoms with Gasteiger partial charge < -0.3 is 5.73 Å². The topological polar surface area (TPSA) is 38.9 Å². The lowest BCUT2D eigenvalue weighted by Gasteiger charge is -1.99. The van der Waals surface area contributed by atoms with Gasteiger partial charge in [0.1, 0.15) is 10.8 Å². The second kappa shape index (κ2) is 4.68. The molecule has 0 radical (unpaired) electrons. The smallest absolute Gasteiger partial charge is 0.135 e. The number of nitrogens with zero attached hydrogens (tertiary/aromatic N) is 1. The SMILES string of the molecule is CCSc1ccc(-c2nc(N)cs2)cc1. The van der Waals surface area contributed by atoms with E-state index in [0.717, 1.165) is 16.3 Å². The van der Waals surface area contributed by atoms with Gasteiger partial charge in [-0.15, -0.1) is 23.1 Å². The maximum atomic E-state index is 5.59. The Morgan fingerprint density at radius 1 is 1.33 bits per heavy atom. The van der Waals surface area contributed by atoms with Crippen molar-refractivity contribution in [2.24, 2.45) is 0 Å². The van der Waals surface area contributed by atoms with E-state index in [9.17, 15) is 0 Å². The maximum Gasteiger partial charge on any atom is 0.135 e. The summed E-state index contributed by atoms with van der Waals surface area (Å²) in [6.07, 6.45) is 0. The van der Waals surface area contributed by atoms with E-state index < -0.39 is 0 Å². The first-order valence-corrected chi connectivity index (χ1v) is 6.60. The van der Waals surface area contributed by atoms with Crippen LogP contribution in [0.3, 0.4) is 0 Å². The first-order valence-electron chi connectivity index (χ1n) is 4.74. The Kier molecular flexibility index (Phi) is 3.28. The Morgan fingerprint density at radius 2 is 2.07 bits per heavy atom. The van der Waals surface area contributed by atoms with Gasteiger partial charge >= 0.3 is 0 Å². The fourth-order valence-electron chi connectivity index (χ4n) is 1.28. The van der Waals surface area contributed by atoms with E-state index in [-0.39, 0.29) is 0 Å². The van der Waals surface area contributed by atoms with Gasteiger partial charge in [-0.2, -0.15) is 0 Å². The van der Waals surface area contributed by atoms with Crippen molar-refractivity contribution in [3.8, 4) is 10.6 Å². The van der Waals surface area contributed by atoms with Gasteiger partial charge in [-0.25, -0.2) is 4.98 Å². The summed E-state index contributed by atoms with van der Waals surface area (Å²) in [5.41, 5.74) is 6.72. The summed E-state index contributed by atoms with van der Waals surface area (Å²) in [4.78, 5) is 5.54. The highest BCUT2D eigenvalue weighted by molar-refractivity contribution is 7.99. The monoisotopic (exact) mass is 236 g/mol. The van der Waals surface area contributed by atoms with Crippen LogP contribution in [0.2, 0.25) is 0 Å². The van der Waals surface area contributed by atoms with Crippen molar-refractivity contribution in [3.05, 3.63) is 29.6 Å². The van der Waals surface area contributed by atoms with Crippen molar-refractivity contribution < 1.29 is 0 Å². The number of anilines is 1. The fourth-order valence-corrected chi connectivity index (χ4v) is 2.66. The number of hydrogen-bond donors (Lipinski definition) is 1. The molecular weight excluding hydrogens is 224 g/mol. The van der Waals surface area contributed by atoms with Gasteiger partial charge in [0.2, 0.25) is 0 Å². The van der Waals surface area contributed by atoms with E-state index in [1.165, 1.54) is 4.90 Å². The minimum absolute atomic E-state index is 0.599. The number of nitrogen functional groups attached to an aromatic ring is 1. The molecule has 0 fully saturated rings. The summed E-state index contributed by atoms with van der Waals surface area (Å²) in [6, 6.07) is 8.44. The van der Waals surface area contributed by atoms with E-state index >= 15 is 0 Å². The Balaban J connectivity index is 2.23. The second-order valence-corrected chi connectivity index (χ2v) is 5.23. The molecule has 0 aliphatic rings. The number of rotatable bonds is 3. The number of hydrogen-bond acceptors (Lipinski definition) is 4. The third kappa shape index (κ3) is 2.52. The Labute approximate surface area is 97.5 Å². The number of thioether (sulfide) groups is 1. The van der Waals surface area contributed by atoms with Crippen LogP contribution >= 0.6 is 23.1 Å². The minimum atomic E-state index is 0.599. The highest BCUT2D eigenvalue weighted by atomic mass is 32.2. The molecule has 2 nitrogen and oxygen atoms in total. The molecule has 4 heteroatoms. The second-order valence-electron chi connectivity index (χ2n) is 3.03. The molecular formula is C11H12N2S2. The average Bonchev–Trinajstić information content (AvgIpc) is 2.67. The molecule has 1 aromatic carbocycles. The molecule has 0 saturated carbocycles. The highest BCUT2D eigenvalue weighted by Crippen LogP contribution is 2.27. The Morgan fingerprint density at radius 3 is 2.60 bits per heavy atom. The lowest BCUT2D eigenvalue weighted by atomic mass is 10.2. The number of benzene rings is 1. The van der Waals surface area contributed by atoms with Gasteiger partial charge in [0.05, 0.1) is 0 Å². The molecule has 15 heavy (non-hydrogen) atoms. The molecule has 1 aromatic heterocycles. The third-order valence-electron chi connectivity index (χ3n) is 1.93. The number of nitrogens with two attached hydrogens (primary N) is 1. The summed E-state index contributed by atoms with van der Waals surface area (Å²) in [7, 11) is 0. The minimum Gasteiger partial charge on any atom is -0.383 e. The maximum absolute atomic E-state index is 5.59. The van der Waals surface area contributed by atoms with Gasteiger partial charge in [-0.05, 0) is 17.9 Å². The highest BCUT2D eigenvalue weighted by Gasteiger charge is 2.02. The summed E-state index contributed by atoms with van der Waals surface area (Å²) in [5.74, 6) is 1.70. The molecule has 0 spiro atoms. The molecule has 2 rings (SSSR count). The van der Waals surface area contributed by atoms with Crippen molar-refractivity contribution in [2.75, 3.05) is 11.5 Å². The van der Waals surface area contributed by atoms with Crippen molar-refractivity contribution in [2.45, 2.75) is 11.8 Å². The van der Waals surface area contributed by atoms with Crippen LogP contribution in [0, 0.1) is 0 Å². The fraction of sp³-hybridized carbons (Fsp3) is 0.182. The molecule has 0 amide bonds. The first-order chi connectivity index (χ1) is 7.29. The number of aromatic nitrogens is 1. The normalized spacial score (nSPS) is 10.5. The zero-order valence-electron chi connectivity index (χ0n) is 8.43. The van der Waals surface area contributed by atoms with Crippen LogP contribution in [0.25, 0.3) is 10.6 Å². The van der Waals surface area contributed by atoms with Crippen LogP contribution in [-0.4, -0.2) is 10.7 Å². The van der Waals surface area contributed by atoms with Crippen LogP contribution in [0.4, 0.5) is 5.82 Å². The lowest BCUT2D eigenvalue weighted by Crippen LogP contribution is -1.83. The summed E-state index contributed by atoms with van der Waals surface area (Å²) in [6.45, 7) is 2.15. The van der Waals surface area contributed by atoms with E-state index in [2.05, 4.69) is 36.2 Å². The Bertz CT molecular complexity index is 434.